The molecule has 3 rings (SSSR count). The Kier molecular flexibility index (Phi) is 3.82. The lowest BCUT2D eigenvalue weighted by molar-refractivity contribution is 0.602. The Morgan fingerprint density at radius 3 is 2.76 bits per heavy atom. The third-order valence-corrected chi connectivity index (χ3v) is 5.41. The van der Waals surface area contributed by atoms with Crippen LogP contribution in [0.15, 0.2) is 40.6 Å². The Hall–Kier alpha value is -1.66. The molecule has 0 amide bonds. The van der Waals surface area contributed by atoms with Crippen molar-refractivity contribution in [2.45, 2.75) is 24.2 Å². The maximum atomic E-state index is 11.8. The normalized spacial score (nSPS) is 12.0. The van der Waals surface area contributed by atoms with Gasteiger partial charge in [-0.2, -0.15) is 0 Å². The van der Waals surface area contributed by atoms with Gasteiger partial charge < -0.3 is 4.98 Å². The molecule has 0 aliphatic rings. The number of nitrogens with one attached hydrogen (secondary N) is 1. The van der Waals surface area contributed by atoms with E-state index < -0.39 is 9.84 Å². The molecule has 110 valence electrons. The molecule has 3 aromatic rings. The van der Waals surface area contributed by atoms with Crippen LogP contribution in [0.4, 0.5) is 0 Å². The molecule has 0 saturated carbocycles. The summed E-state index contributed by atoms with van der Waals surface area (Å²) in [6.45, 7) is 0. The first kappa shape index (κ1) is 14.3. The number of nitrogens with zero attached hydrogens (tertiary/aromatic N) is 1. The second-order valence-corrected chi connectivity index (χ2v) is 8.06. The summed E-state index contributed by atoms with van der Waals surface area (Å²) in [4.78, 5) is 9.34. The van der Waals surface area contributed by atoms with Crippen LogP contribution in [0.25, 0.3) is 11.0 Å². The molecule has 2 heterocycles. The predicted octanol–water partition coefficient (Wildman–Crippen LogP) is 3.20. The third-order valence-electron chi connectivity index (χ3n) is 3.34. The van der Waals surface area contributed by atoms with E-state index in [1.165, 1.54) is 11.1 Å². The van der Waals surface area contributed by atoms with Gasteiger partial charge in [0.05, 0.1) is 10.4 Å². The summed E-state index contributed by atoms with van der Waals surface area (Å²) in [7, 11) is -3.25. The molecule has 0 fully saturated rings. The molecule has 0 radical (unpaired) electrons. The topological polar surface area (TPSA) is 62.8 Å². The van der Waals surface area contributed by atoms with Crippen LogP contribution >= 0.6 is 11.3 Å². The highest BCUT2D eigenvalue weighted by Crippen LogP contribution is 2.21. The van der Waals surface area contributed by atoms with E-state index >= 15 is 0 Å². The highest BCUT2D eigenvalue weighted by molar-refractivity contribution is 7.91. The second kappa shape index (κ2) is 5.61. The summed E-state index contributed by atoms with van der Waals surface area (Å²) in [5.41, 5.74) is 1.33. The lowest BCUT2D eigenvalue weighted by Gasteiger charge is -1.97. The molecule has 0 aliphatic heterocycles. The number of fused-ring (bicyclic) bond motifs is 1. The van der Waals surface area contributed by atoms with Crippen molar-refractivity contribution in [2.75, 3.05) is 6.26 Å². The number of benzene rings is 1. The second-order valence-electron chi connectivity index (χ2n) is 5.04. The van der Waals surface area contributed by atoms with Crippen LogP contribution in [0.5, 0.6) is 0 Å². The Morgan fingerprint density at radius 1 is 1.19 bits per heavy atom. The SMILES string of the molecule is CS(=O)(=O)c1cccc2[nH]c(CCCc3cccs3)nc12. The van der Waals surface area contributed by atoms with Gasteiger partial charge in [-0.15, -0.1) is 11.3 Å². The van der Waals surface area contributed by atoms with Crippen LogP contribution in [-0.2, 0) is 22.7 Å². The molecule has 0 bridgehead atoms. The van der Waals surface area contributed by atoms with Crippen LogP contribution in [0, 0.1) is 0 Å². The number of hydrogen-bond donors (Lipinski definition) is 1. The Balaban J connectivity index is 1.81. The van der Waals surface area contributed by atoms with Crippen LogP contribution < -0.4 is 0 Å². The van der Waals surface area contributed by atoms with Gasteiger partial charge in [0.1, 0.15) is 11.3 Å². The summed E-state index contributed by atoms with van der Waals surface area (Å²) in [5, 5.41) is 2.08. The number of aromatic amines is 1. The fourth-order valence-electron chi connectivity index (χ4n) is 2.36. The maximum absolute atomic E-state index is 11.8. The molecule has 1 N–H and O–H groups in total. The number of aryl methyl sites for hydroxylation is 2. The molecule has 0 unspecified atom stereocenters. The minimum atomic E-state index is -3.25. The first-order valence-corrected chi connectivity index (χ1v) is 9.51. The molecule has 0 aliphatic carbocycles. The summed E-state index contributed by atoms with van der Waals surface area (Å²) in [6, 6.07) is 9.39. The number of sulfone groups is 1. The van der Waals surface area contributed by atoms with Gasteiger partial charge >= 0.3 is 0 Å². The zero-order valence-corrected chi connectivity index (χ0v) is 13.3. The van der Waals surface area contributed by atoms with Crippen molar-refractivity contribution in [3.8, 4) is 0 Å². The van der Waals surface area contributed by atoms with Crippen LogP contribution in [-0.4, -0.2) is 24.6 Å². The number of rotatable bonds is 5. The van der Waals surface area contributed by atoms with Crippen molar-refractivity contribution in [3.05, 3.63) is 46.4 Å². The Morgan fingerprint density at radius 2 is 2.05 bits per heavy atom. The van der Waals surface area contributed by atoms with Crippen molar-refractivity contribution in [2.24, 2.45) is 0 Å². The number of thiophene rings is 1. The molecule has 1 aromatic carbocycles. The van der Waals surface area contributed by atoms with Gasteiger partial charge in [-0.05, 0) is 36.4 Å². The number of aromatic nitrogens is 2. The van der Waals surface area contributed by atoms with Crippen LogP contribution in [0.2, 0.25) is 0 Å². The molecule has 21 heavy (non-hydrogen) atoms. The lowest BCUT2D eigenvalue weighted by atomic mass is 10.2. The molecule has 0 saturated heterocycles. The van der Waals surface area contributed by atoms with Gasteiger partial charge in [0.25, 0.3) is 0 Å². The minimum Gasteiger partial charge on any atom is -0.342 e. The average Bonchev–Trinajstić information content (AvgIpc) is 3.05. The van der Waals surface area contributed by atoms with Crippen LogP contribution in [0.3, 0.4) is 0 Å². The zero-order valence-electron chi connectivity index (χ0n) is 11.7. The van der Waals surface area contributed by atoms with E-state index in [0.29, 0.717) is 10.4 Å². The molecule has 2 aromatic heterocycles. The van der Waals surface area contributed by atoms with E-state index in [-0.39, 0.29) is 0 Å². The smallest absolute Gasteiger partial charge is 0.177 e. The Labute approximate surface area is 127 Å². The molecular formula is C15H16N2O2S2. The van der Waals surface area contributed by atoms with Crippen molar-refractivity contribution < 1.29 is 8.42 Å². The first-order chi connectivity index (χ1) is 10.0. The number of para-hydroxylation sites is 1. The average molecular weight is 320 g/mol. The summed E-state index contributed by atoms with van der Waals surface area (Å²) in [5.74, 6) is 0.845. The number of imidazole rings is 1. The van der Waals surface area contributed by atoms with E-state index in [1.54, 1.807) is 23.5 Å². The zero-order chi connectivity index (χ0) is 14.9. The number of hydrogen-bond acceptors (Lipinski definition) is 4. The summed E-state index contributed by atoms with van der Waals surface area (Å²) in [6.07, 6.45) is 4.05. The van der Waals surface area contributed by atoms with E-state index in [0.717, 1.165) is 30.6 Å². The molecular weight excluding hydrogens is 304 g/mol. The van der Waals surface area contributed by atoms with E-state index in [2.05, 4.69) is 27.5 Å². The highest BCUT2D eigenvalue weighted by atomic mass is 32.2. The largest absolute Gasteiger partial charge is 0.342 e. The van der Waals surface area contributed by atoms with Gasteiger partial charge in [-0.3, -0.25) is 0 Å². The summed E-state index contributed by atoms with van der Waals surface area (Å²) >= 11 is 1.76. The van der Waals surface area contributed by atoms with E-state index in [9.17, 15) is 8.42 Å². The van der Waals surface area contributed by atoms with E-state index in [1.807, 2.05) is 6.07 Å². The van der Waals surface area contributed by atoms with Gasteiger partial charge in [0.2, 0.25) is 0 Å². The fourth-order valence-corrected chi connectivity index (χ4v) is 3.94. The lowest BCUT2D eigenvalue weighted by Crippen LogP contribution is -1.97. The Bertz CT molecular complexity index is 849. The van der Waals surface area contributed by atoms with Gasteiger partial charge in [-0.25, -0.2) is 13.4 Å². The fraction of sp³-hybridized carbons (Fsp3) is 0.267. The van der Waals surface area contributed by atoms with Crippen molar-refractivity contribution in [1.82, 2.24) is 9.97 Å². The van der Waals surface area contributed by atoms with Gasteiger partial charge in [0, 0.05) is 17.6 Å². The predicted molar refractivity (Wildman–Crippen MR) is 85.5 cm³/mol. The van der Waals surface area contributed by atoms with Gasteiger partial charge in [-0.1, -0.05) is 12.1 Å². The number of H-pyrrole nitrogens is 1. The van der Waals surface area contributed by atoms with Crippen molar-refractivity contribution >= 4 is 32.2 Å². The molecule has 0 atom stereocenters. The van der Waals surface area contributed by atoms with Gasteiger partial charge in [0.15, 0.2) is 9.84 Å². The van der Waals surface area contributed by atoms with E-state index in [4.69, 9.17) is 0 Å². The molecule has 4 nitrogen and oxygen atoms in total. The monoisotopic (exact) mass is 320 g/mol. The molecule has 0 spiro atoms. The first-order valence-electron chi connectivity index (χ1n) is 6.74. The standard InChI is InChI=1S/C15H16N2O2S2/c1-21(18,19)13-8-3-7-12-15(13)17-14(16-12)9-2-5-11-6-4-10-20-11/h3-4,6-8,10H,2,5,9H2,1H3,(H,16,17). The minimum absolute atomic E-state index is 0.292. The third kappa shape index (κ3) is 3.16. The van der Waals surface area contributed by atoms with Crippen LogP contribution in [0.1, 0.15) is 17.1 Å². The van der Waals surface area contributed by atoms with Crippen molar-refractivity contribution in [1.29, 1.82) is 0 Å². The quantitative estimate of drug-likeness (QED) is 0.785. The molecule has 6 heteroatoms. The maximum Gasteiger partial charge on any atom is 0.177 e. The van der Waals surface area contributed by atoms with Crippen molar-refractivity contribution in [3.63, 3.8) is 0 Å². The highest BCUT2D eigenvalue weighted by Gasteiger charge is 2.14. The summed E-state index contributed by atoms with van der Waals surface area (Å²) < 4.78 is 23.5.